The van der Waals surface area contributed by atoms with Gasteiger partial charge in [-0.15, -0.1) is 12.0 Å². The van der Waals surface area contributed by atoms with Gasteiger partial charge in [0, 0.05) is 0 Å². The Balaban J connectivity index is 0.00000325. The van der Waals surface area contributed by atoms with Crippen LogP contribution in [0.5, 0.6) is 0 Å². The summed E-state index contributed by atoms with van der Waals surface area (Å²) in [6.45, 7) is 31.2. The quantitative estimate of drug-likeness (QED) is 0.168. The van der Waals surface area contributed by atoms with Gasteiger partial charge in [0.2, 0.25) is 0 Å². The van der Waals surface area contributed by atoms with Crippen molar-refractivity contribution in [1.29, 1.82) is 0 Å². The zero-order valence-corrected chi connectivity index (χ0v) is 38.3. The molecule has 0 saturated heterocycles. The number of hydrogen-bond donors (Lipinski definition) is 0. The molecule has 51 heavy (non-hydrogen) atoms. The van der Waals surface area contributed by atoms with Crippen molar-refractivity contribution in [2.75, 3.05) is 0 Å². The second-order valence-corrected chi connectivity index (χ2v) is 20.9. The number of benzene rings is 3. The topological polar surface area (TPSA) is 0 Å². The number of allylic oxidation sites excluding steroid dienone is 4. The van der Waals surface area contributed by atoms with Gasteiger partial charge in [0.1, 0.15) is 8.07 Å². The molecule has 4 unspecified atom stereocenters. The summed E-state index contributed by atoms with van der Waals surface area (Å²) in [4.78, 5) is 0. The van der Waals surface area contributed by atoms with Crippen LogP contribution in [0.3, 0.4) is 0 Å². The number of hydrogen-bond acceptors (Lipinski definition) is 0. The monoisotopic (exact) mass is 796 g/mol. The van der Waals surface area contributed by atoms with Crippen molar-refractivity contribution in [1.82, 2.24) is 0 Å². The van der Waals surface area contributed by atoms with Crippen molar-refractivity contribution in [3.8, 4) is 0 Å². The van der Waals surface area contributed by atoms with E-state index in [1.54, 1.807) is 15.6 Å². The Morgan fingerprint density at radius 2 is 0.725 bits per heavy atom. The summed E-state index contributed by atoms with van der Waals surface area (Å²) in [6.07, 6.45) is 12.4. The first kappa shape index (κ1) is 48.0. The first-order chi connectivity index (χ1) is 22.1. The van der Waals surface area contributed by atoms with Crippen molar-refractivity contribution in [3.63, 3.8) is 0 Å². The zero-order chi connectivity index (χ0) is 34.4. The van der Waals surface area contributed by atoms with Crippen LogP contribution in [-0.4, -0.2) is 8.07 Å². The molecule has 5 heteroatoms. The number of rotatable bonds is 10. The van der Waals surface area contributed by atoms with E-state index in [4.69, 9.17) is 0 Å². The first-order valence-electron chi connectivity index (χ1n) is 18.8. The summed E-state index contributed by atoms with van der Waals surface area (Å²) in [6, 6.07) is 23.6. The fourth-order valence-electron chi connectivity index (χ4n) is 8.49. The molecule has 0 heterocycles. The van der Waals surface area contributed by atoms with Crippen LogP contribution in [0.25, 0.3) is 0 Å². The Morgan fingerprint density at radius 1 is 0.451 bits per heavy atom. The zero-order valence-electron chi connectivity index (χ0n) is 33.5. The molecule has 3 aromatic carbocycles. The van der Waals surface area contributed by atoms with E-state index >= 15 is 0 Å². The summed E-state index contributed by atoms with van der Waals surface area (Å²) in [5.74, 6) is 4.29. The van der Waals surface area contributed by atoms with Gasteiger partial charge in [-0.2, -0.15) is 5.92 Å². The maximum Gasteiger partial charge on any atom is 4.00 e. The molecule has 0 aromatic heterocycles. The minimum Gasteiger partial charge on any atom is -1.00 e. The SMILES string of the molecule is CC(C)c1cc(C(C)C)cc([Si](c2cc(C(C)C)cc(C(C)C)c2)(c2cc(C(C)C)cc(C(C)C)c2)C2C(C)[CH-]C3C=CC=CC32)c1.[Cl-].[Cl-].[Cl-].[Ti+4]. The van der Waals surface area contributed by atoms with Crippen LogP contribution in [0.4, 0.5) is 0 Å². The smallest absolute Gasteiger partial charge is 1.00 e. The van der Waals surface area contributed by atoms with E-state index in [-0.39, 0.29) is 58.9 Å². The Labute approximate surface area is 347 Å². The van der Waals surface area contributed by atoms with Gasteiger partial charge in [-0.05, 0) is 90.4 Å². The van der Waals surface area contributed by atoms with E-state index < -0.39 is 8.07 Å². The molecule has 0 bridgehead atoms. The molecule has 1 fully saturated rings. The van der Waals surface area contributed by atoms with Gasteiger partial charge in [-0.25, -0.2) is 0 Å². The third-order valence-corrected chi connectivity index (χ3v) is 17.0. The molecule has 5 rings (SSSR count). The van der Waals surface area contributed by atoms with Gasteiger partial charge in [-0.1, -0.05) is 168 Å². The fourth-order valence-corrected chi connectivity index (χ4v) is 14.8. The van der Waals surface area contributed by atoms with Crippen LogP contribution >= 0.6 is 0 Å². The molecule has 2 aliphatic carbocycles. The molecule has 0 spiro atoms. The minimum absolute atomic E-state index is 0. The largest absolute Gasteiger partial charge is 4.00 e. The van der Waals surface area contributed by atoms with E-state index in [0.29, 0.717) is 58.8 Å². The summed E-state index contributed by atoms with van der Waals surface area (Å²) in [7, 11) is -2.74. The number of halogens is 3. The molecular formula is C46H63Cl3SiTi. The van der Waals surface area contributed by atoms with Crippen LogP contribution in [0.15, 0.2) is 78.9 Å². The molecular weight excluding hydrogens is 735 g/mol. The van der Waals surface area contributed by atoms with Gasteiger partial charge in [0.25, 0.3) is 0 Å². The molecule has 0 aliphatic heterocycles. The van der Waals surface area contributed by atoms with Crippen molar-refractivity contribution in [3.05, 3.63) is 119 Å². The normalized spacial score (nSPS) is 19.7. The summed E-state index contributed by atoms with van der Waals surface area (Å²) in [5, 5.41) is 4.85. The molecule has 2 aliphatic rings. The van der Waals surface area contributed by atoms with Crippen molar-refractivity contribution in [2.24, 2.45) is 17.8 Å². The third kappa shape index (κ3) is 9.61. The summed E-state index contributed by atoms with van der Waals surface area (Å²) < 4.78 is 0. The molecule has 0 amide bonds. The van der Waals surface area contributed by atoms with E-state index in [1.165, 1.54) is 33.4 Å². The average molecular weight is 798 g/mol. The van der Waals surface area contributed by atoms with Crippen molar-refractivity contribution >= 4 is 23.6 Å². The first-order valence-corrected chi connectivity index (χ1v) is 20.9. The van der Waals surface area contributed by atoms with Gasteiger partial charge < -0.3 is 43.6 Å². The second-order valence-electron chi connectivity index (χ2n) is 16.9. The van der Waals surface area contributed by atoms with Crippen LogP contribution in [0.2, 0.25) is 5.54 Å². The standard InChI is InChI=1S/C46H63Si.3ClH.Ti/c1-28(2)36-19-37(29(3)4)23-42(22-36)47(46-34(13)18-35-16-14-15-17-45(35)46,43-24-38(30(5)6)20-39(25-43)31(7)8)44-26-40(32(9)10)21-41(27-44)33(11)12;;;;/h14-35,45-46H,1-13H3;3*1H;/q-1;;;;+4/p-3. The van der Waals surface area contributed by atoms with Gasteiger partial charge >= 0.3 is 21.7 Å². The van der Waals surface area contributed by atoms with Crippen molar-refractivity contribution in [2.45, 2.75) is 131 Å². The van der Waals surface area contributed by atoms with Crippen LogP contribution < -0.4 is 52.8 Å². The molecule has 0 nitrogen and oxygen atoms in total. The van der Waals surface area contributed by atoms with E-state index in [0.717, 1.165) is 0 Å². The van der Waals surface area contributed by atoms with E-state index in [1.807, 2.05) is 0 Å². The molecule has 0 N–H and O–H groups in total. The van der Waals surface area contributed by atoms with Crippen LogP contribution in [0, 0.1) is 24.2 Å². The predicted molar refractivity (Wildman–Crippen MR) is 211 cm³/mol. The van der Waals surface area contributed by atoms with Crippen LogP contribution in [0.1, 0.15) is 159 Å². The molecule has 0 radical (unpaired) electrons. The minimum atomic E-state index is -2.74. The Kier molecular flexibility index (Phi) is 18.3. The van der Waals surface area contributed by atoms with Crippen molar-refractivity contribution < 1.29 is 58.9 Å². The number of fused-ring (bicyclic) bond motifs is 1. The second kappa shape index (κ2) is 19.5. The van der Waals surface area contributed by atoms with Gasteiger partial charge in [-0.3, -0.25) is 0 Å². The van der Waals surface area contributed by atoms with Gasteiger partial charge in [0.15, 0.2) is 0 Å². The van der Waals surface area contributed by atoms with Gasteiger partial charge in [0.05, 0.1) is 0 Å². The Morgan fingerprint density at radius 3 is 1.00 bits per heavy atom. The maximum absolute atomic E-state index is 2.74. The molecule has 1 saturated carbocycles. The predicted octanol–water partition coefficient (Wildman–Crippen LogP) is 2.49. The summed E-state index contributed by atoms with van der Waals surface area (Å²) >= 11 is 0. The van der Waals surface area contributed by atoms with E-state index in [9.17, 15) is 0 Å². The Hall–Kier alpha value is -1.06. The molecule has 276 valence electrons. The average Bonchev–Trinajstić information content (AvgIpc) is 3.36. The molecule has 3 aromatic rings. The Bertz CT molecular complexity index is 1400. The third-order valence-electron chi connectivity index (χ3n) is 11.5. The summed E-state index contributed by atoms with van der Waals surface area (Å²) in [5.41, 5.74) is 9.43. The van der Waals surface area contributed by atoms with E-state index in [2.05, 4.69) is 175 Å². The molecule has 4 atom stereocenters. The fraction of sp³-hybridized carbons (Fsp3) is 0.500. The maximum atomic E-state index is 2.71. The van der Waals surface area contributed by atoms with Crippen LogP contribution in [-0.2, 0) is 21.7 Å².